The van der Waals surface area contributed by atoms with Gasteiger partial charge in [0.15, 0.2) is 0 Å². The lowest BCUT2D eigenvalue weighted by atomic mass is 10.2. The number of rotatable bonds is 3. The van der Waals surface area contributed by atoms with Crippen LogP contribution in [0.2, 0.25) is 0 Å². The average Bonchev–Trinajstić information content (AvgIpc) is 2.14. The van der Waals surface area contributed by atoms with Crippen molar-refractivity contribution in [2.75, 3.05) is 6.61 Å². The van der Waals surface area contributed by atoms with Crippen LogP contribution in [0.5, 0.6) is 0 Å². The van der Waals surface area contributed by atoms with Gasteiger partial charge in [-0.15, -0.1) is 0 Å². The second kappa shape index (κ2) is 4.45. The van der Waals surface area contributed by atoms with E-state index in [2.05, 4.69) is 10.1 Å². The molecule has 0 saturated carbocycles. The second-order valence-corrected chi connectivity index (χ2v) is 2.54. The Balaban J connectivity index is 2.88. The number of nitrogens with one attached hydrogen (secondary N) is 1. The fraction of sp³-hybridized carbons (Fsp3) is 0.333. The third-order valence-corrected chi connectivity index (χ3v) is 1.52. The van der Waals surface area contributed by atoms with Crippen molar-refractivity contribution in [1.82, 2.24) is 4.98 Å². The Morgan fingerprint density at radius 3 is 3.08 bits per heavy atom. The lowest BCUT2D eigenvalue weighted by Gasteiger charge is -1.98. The largest absolute Gasteiger partial charge is 0.396 e. The highest BCUT2D eigenvalue weighted by Gasteiger charge is 1.97. The van der Waals surface area contributed by atoms with E-state index in [1.807, 2.05) is 6.92 Å². The minimum absolute atomic E-state index is 0.136. The Morgan fingerprint density at radius 1 is 1.69 bits per heavy atom. The normalized spacial score (nSPS) is 11.4. The van der Waals surface area contributed by atoms with Gasteiger partial charge in [0.25, 0.3) is 0 Å². The zero-order valence-electron chi connectivity index (χ0n) is 7.70. The molecule has 0 amide bonds. The highest BCUT2D eigenvalue weighted by molar-refractivity contribution is 5.98. The number of hydrogen-bond acceptors (Lipinski definition) is 3. The minimum atomic E-state index is -0.136. The van der Waals surface area contributed by atoms with Gasteiger partial charge in [0.05, 0.1) is 5.71 Å². The molecule has 1 rings (SSSR count). The lowest BCUT2D eigenvalue weighted by molar-refractivity contribution is 0.159. The van der Waals surface area contributed by atoms with Gasteiger partial charge in [-0.05, 0) is 19.9 Å². The summed E-state index contributed by atoms with van der Waals surface area (Å²) in [6, 6.07) is 3.26. The molecule has 13 heavy (non-hydrogen) atoms. The van der Waals surface area contributed by atoms with E-state index < -0.39 is 0 Å². The van der Waals surface area contributed by atoms with Crippen LogP contribution in [0.25, 0.3) is 0 Å². The van der Waals surface area contributed by atoms with Crippen molar-refractivity contribution < 1.29 is 4.84 Å². The molecule has 4 heteroatoms. The van der Waals surface area contributed by atoms with E-state index >= 15 is 0 Å². The quantitative estimate of drug-likeness (QED) is 0.560. The fourth-order valence-corrected chi connectivity index (χ4v) is 0.884. The van der Waals surface area contributed by atoms with Crippen molar-refractivity contribution in [2.45, 2.75) is 13.8 Å². The van der Waals surface area contributed by atoms with Crippen LogP contribution in [0, 0.1) is 0 Å². The molecule has 0 radical (unpaired) electrons. The minimum Gasteiger partial charge on any atom is -0.396 e. The topological polar surface area (TPSA) is 54.4 Å². The van der Waals surface area contributed by atoms with Crippen LogP contribution in [0.3, 0.4) is 0 Å². The summed E-state index contributed by atoms with van der Waals surface area (Å²) >= 11 is 0. The maximum Gasteiger partial charge on any atom is 0.248 e. The van der Waals surface area contributed by atoms with E-state index in [-0.39, 0.29) is 5.56 Å². The van der Waals surface area contributed by atoms with E-state index in [0.717, 1.165) is 5.56 Å². The molecule has 0 saturated heterocycles. The Hall–Kier alpha value is -1.58. The van der Waals surface area contributed by atoms with Gasteiger partial charge in [-0.25, -0.2) is 0 Å². The summed E-state index contributed by atoms with van der Waals surface area (Å²) in [5, 5.41) is 3.82. The SMILES string of the molecule is CCO/N=C(/C)c1cc[nH]c(=O)c1. The predicted octanol–water partition coefficient (Wildman–Crippen LogP) is 1.14. The zero-order valence-corrected chi connectivity index (χ0v) is 7.70. The third kappa shape index (κ3) is 2.74. The first-order valence-electron chi connectivity index (χ1n) is 4.09. The van der Waals surface area contributed by atoms with Crippen LogP contribution >= 0.6 is 0 Å². The number of aromatic nitrogens is 1. The second-order valence-electron chi connectivity index (χ2n) is 2.54. The molecule has 0 unspecified atom stereocenters. The van der Waals surface area contributed by atoms with Crippen LogP contribution < -0.4 is 5.56 Å². The average molecular weight is 180 g/mol. The van der Waals surface area contributed by atoms with E-state index in [9.17, 15) is 4.79 Å². The summed E-state index contributed by atoms with van der Waals surface area (Å²) in [6.45, 7) is 4.18. The number of nitrogens with zero attached hydrogens (tertiary/aromatic N) is 1. The summed E-state index contributed by atoms with van der Waals surface area (Å²) in [6.07, 6.45) is 1.59. The Kier molecular flexibility index (Phi) is 3.25. The first-order chi connectivity index (χ1) is 6.24. The molecule has 0 fully saturated rings. The molecule has 1 N–H and O–H groups in total. The molecule has 0 spiro atoms. The van der Waals surface area contributed by atoms with Crippen molar-refractivity contribution in [3.63, 3.8) is 0 Å². The molecule has 70 valence electrons. The smallest absolute Gasteiger partial charge is 0.248 e. The van der Waals surface area contributed by atoms with Crippen molar-refractivity contribution in [2.24, 2.45) is 5.16 Å². The third-order valence-electron chi connectivity index (χ3n) is 1.52. The monoisotopic (exact) mass is 180 g/mol. The van der Waals surface area contributed by atoms with Crippen LogP contribution in [0.1, 0.15) is 19.4 Å². The van der Waals surface area contributed by atoms with E-state index in [1.165, 1.54) is 6.07 Å². The van der Waals surface area contributed by atoms with Gasteiger partial charge in [0.2, 0.25) is 5.56 Å². The van der Waals surface area contributed by atoms with Crippen LogP contribution in [-0.4, -0.2) is 17.3 Å². The molecule has 0 aliphatic rings. The van der Waals surface area contributed by atoms with Crippen molar-refractivity contribution in [3.8, 4) is 0 Å². The van der Waals surface area contributed by atoms with Gasteiger partial charge >= 0.3 is 0 Å². The molecular weight excluding hydrogens is 168 g/mol. The first-order valence-corrected chi connectivity index (χ1v) is 4.09. The summed E-state index contributed by atoms with van der Waals surface area (Å²) in [4.78, 5) is 18.3. The maximum absolute atomic E-state index is 10.9. The van der Waals surface area contributed by atoms with E-state index in [4.69, 9.17) is 4.84 Å². The number of oxime groups is 1. The molecular formula is C9H12N2O2. The summed E-state index contributed by atoms with van der Waals surface area (Å²) in [7, 11) is 0. The predicted molar refractivity (Wildman–Crippen MR) is 50.9 cm³/mol. The highest BCUT2D eigenvalue weighted by Crippen LogP contribution is 1.96. The van der Waals surface area contributed by atoms with Crippen LogP contribution in [0.15, 0.2) is 28.3 Å². The van der Waals surface area contributed by atoms with Crippen molar-refractivity contribution in [1.29, 1.82) is 0 Å². The summed E-state index contributed by atoms with van der Waals surface area (Å²) in [5.74, 6) is 0. The molecule has 0 aliphatic carbocycles. The van der Waals surface area contributed by atoms with Gasteiger partial charge < -0.3 is 9.82 Å². The number of hydrogen-bond donors (Lipinski definition) is 1. The molecule has 1 heterocycles. The molecule has 0 bridgehead atoms. The lowest BCUT2D eigenvalue weighted by Crippen LogP contribution is -2.07. The Bertz CT molecular complexity index is 355. The maximum atomic E-state index is 10.9. The molecule has 0 aliphatic heterocycles. The van der Waals surface area contributed by atoms with Crippen molar-refractivity contribution >= 4 is 5.71 Å². The zero-order chi connectivity index (χ0) is 9.68. The molecule has 1 aromatic rings. The first kappa shape index (κ1) is 9.51. The van der Waals surface area contributed by atoms with Gasteiger partial charge in [0.1, 0.15) is 6.61 Å². The van der Waals surface area contributed by atoms with Gasteiger partial charge in [-0.3, -0.25) is 4.79 Å². The Labute approximate surface area is 76.2 Å². The standard InChI is InChI=1S/C9H12N2O2/c1-3-13-11-7(2)8-4-5-10-9(12)6-8/h4-6H,3H2,1-2H3,(H,10,12)/b11-7-. The van der Waals surface area contributed by atoms with E-state index in [0.29, 0.717) is 12.3 Å². The Morgan fingerprint density at radius 2 is 2.46 bits per heavy atom. The summed E-state index contributed by atoms with van der Waals surface area (Å²) in [5.41, 5.74) is 1.34. The van der Waals surface area contributed by atoms with Crippen LogP contribution in [0.4, 0.5) is 0 Å². The highest BCUT2D eigenvalue weighted by atomic mass is 16.6. The number of H-pyrrole nitrogens is 1. The van der Waals surface area contributed by atoms with Gasteiger partial charge in [-0.2, -0.15) is 0 Å². The van der Waals surface area contributed by atoms with E-state index in [1.54, 1.807) is 19.2 Å². The van der Waals surface area contributed by atoms with Gasteiger partial charge in [0, 0.05) is 17.8 Å². The summed E-state index contributed by atoms with van der Waals surface area (Å²) < 4.78 is 0. The van der Waals surface area contributed by atoms with Gasteiger partial charge in [-0.1, -0.05) is 5.16 Å². The number of aromatic amines is 1. The number of pyridine rings is 1. The molecule has 1 aromatic heterocycles. The van der Waals surface area contributed by atoms with Crippen LogP contribution in [-0.2, 0) is 4.84 Å². The molecule has 0 atom stereocenters. The fourth-order valence-electron chi connectivity index (χ4n) is 0.884. The van der Waals surface area contributed by atoms with Crippen molar-refractivity contribution in [3.05, 3.63) is 34.2 Å². The molecule has 0 aromatic carbocycles. The molecule has 4 nitrogen and oxygen atoms in total.